The Bertz CT molecular complexity index is 372. The highest BCUT2D eigenvalue weighted by atomic mass is 79.9. The van der Waals surface area contributed by atoms with Crippen molar-refractivity contribution in [3.63, 3.8) is 0 Å². The molecular formula is C10H9BrO3. The summed E-state index contributed by atoms with van der Waals surface area (Å²) >= 11 is 3.20. The standard InChI is InChI=1S/C10H9BrO3/c11-7-2-1-3-8(9(7)10(12)13)14-6-4-5-6/h1-3,6H,4-5H2,(H,12,13). The highest BCUT2D eigenvalue weighted by Gasteiger charge is 2.26. The van der Waals surface area contributed by atoms with Crippen molar-refractivity contribution >= 4 is 21.9 Å². The Labute approximate surface area is 89.8 Å². The van der Waals surface area contributed by atoms with E-state index in [1.165, 1.54) is 0 Å². The average molecular weight is 257 g/mol. The molecule has 1 aliphatic rings. The third-order valence-electron chi connectivity index (χ3n) is 2.01. The van der Waals surface area contributed by atoms with E-state index in [2.05, 4.69) is 15.9 Å². The second-order valence-corrected chi connectivity index (χ2v) is 4.09. The van der Waals surface area contributed by atoms with Crippen LogP contribution in [0.4, 0.5) is 0 Å². The normalized spacial score (nSPS) is 15.2. The third-order valence-corrected chi connectivity index (χ3v) is 2.67. The predicted octanol–water partition coefficient (Wildman–Crippen LogP) is 2.69. The smallest absolute Gasteiger partial charge is 0.340 e. The maximum Gasteiger partial charge on any atom is 0.340 e. The lowest BCUT2D eigenvalue weighted by molar-refractivity contribution is 0.0691. The van der Waals surface area contributed by atoms with Crippen molar-refractivity contribution in [2.45, 2.75) is 18.9 Å². The topological polar surface area (TPSA) is 46.5 Å². The van der Waals surface area contributed by atoms with Gasteiger partial charge in [0, 0.05) is 4.47 Å². The van der Waals surface area contributed by atoms with Crippen LogP contribution < -0.4 is 4.74 Å². The lowest BCUT2D eigenvalue weighted by atomic mass is 10.2. The van der Waals surface area contributed by atoms with Crippen LogP contribution in [0.15, 0.2) is 22.7 Å². The Hall–Kier alpha value is -1.03. The second kappa shape index (κ2) is 3.61. The molecule has 4 heteroatoms. The van der Waals surface area contributed by atoms with Gasteiger partial charge >= 0.3 is 5.97 Å². The molecule has 0 radical (unpaired) electrons. The van der Waals surface area contributed by atoms with E-state index in [9.17, 15) is 4.79 Å². The van der Waals surface area contributed by atoms with Crippen molar-refractivity contribution < 1.29 is 14.6 Å². The molecule has 1 N–H and O–H groups in total. The zero-order valence-electron chi connectivity index (χ0n) is 7.37. The van der Waals surface area contributed by atoms with E-state index in [4.69, 9.17) is 9.84 Å². The number of rotatable bonds is 3. The van der Waals surface area contributed by atoms with Crippen LogP contribution in [0.25, 0.3) is 0 Å². The van der Waals surface area contributed by atoms with E-state index >= 15 is 0 Å². The first-order valence-electron chi connectivity index (χ1n) is 4.37. The molecule has 0 aliphatic heterocycles. The average Bonchev–Trinajstić information content (AvgIpc) is 2.87. The minimum Gasteiger partial charge on any atom is -0.489 e. The summed E-state index contributed by atoms with van der Waals surface area (Å²) in [6.07, 6.45) is 2.25. The van der Waals surface area contributed by atoms with Gasteiger partial charge in [0.15, 0.2) is 0 Å². The molecule has 0 bridgehead atoms. The predicted molar refractivity (Wildman–Crippen MR) is 54.8 cm³/mol. The van der Waals surface area contributed by atoms with Crippen LogP contribution >= 0.6 is 15.9 Å². The van der Waals surface area contributed by atoms with Crippen molar-refractivity contribution in [3.8, 4) is 5.75 Å². The molecular weight excluding hydrogens is 248 g/mol. The quantitative estimate of drug-likeness (QED) is 0.905. The van der Waals surface area contributed by atoms with Crippen molar-refractivity contribution in [2.24, 2.45) is 0 Å². The van der Waals surface area contributed by atoms with Crippen molar-refractivity contribution in [3.05, 3.63) is 28.2 Å². The van der Waals surface area contributed by atoms with Gasteiger partial charge in [-0.1, -0.05) is 6.07 Å². The Kier molecular flexibility index (Phi) is 2.46. The molecule has 3 nitrogen and oxygen atoms in total. The van der Waals surface area contributed by atoms with Crippen LogP contribution in [0.3, 0.4) is 0 Å². The lowest BCUT2D eigenvalue weighted by Crippen LogP contribution is -2.05. The van der Waals surface area contributed by atoms with Gasteiger partial charge in [-0.3, -0.25) is 0 Å². The fraction of sp³-hybridized carbons (Fsp3) is 0.300. The number of benzene rings is 1. The first-order valence-corrected chi connectivity index (χ1v) is 5.16. The van der Waals surface area contributed by atoms with Crippen molar-refractivity contribution in [1.82, 2.24) is 0 Å². The summed E-state index contributed by atoms with van der Waals surface area (Å²) in [4.78, 5) is 10.9. The Balaban J connectivity index is 2.35. The summed E-state index contributed by atoms with van der Waals surface area (Å²) in [6.45, 7) is 0. The molecule has 0 saturated heterocycles. The van der Waals surface area contributed by atoms with Crippen molar-refractivity contribution in [1.29, 1.82) is 0 Å². The van der Waals surface area contributed by atoms with Gasteiger partial charge in [0.05, 0.1) is 6.10 Å². The summed E-state index contributed by atoms with van der Waals surface area (Å²) in [6, 6.07) is 5.16. The summed E-state index contributed by atoms with van der Waals surface area (Å²) in [5, 5.41) is 8.97. The Morgan fingerprint density at radius 3 is 2.79 bits per heavy atom. The zero-order valence-corrected chi connectivity index (χ0v) is 8.95. The molecule has 1 saturated carbocycles. The third kappa shape index (κ3) is 1.90. The molecule has 0 aromatic heterocycles. The molecule has 74 valence electrons. The first-order chi connectivity index (χ1) is 6.68. The van der Waals surface area contributed by atoms with Crippen LogP contribution in [0, 0.1) is 0 Å². The molecule has 0 unspecified atom stereocenters. The fourth-order valence-electron chi connectivity index (χ4n) is 1.18. The first kappa shape index (κ1) is 9.52. The van der Waals surface area contributed by atoms with Gasteiger partial charge in [-0.05, 0) is 40.9 Å². The van der Waals surface area contributed by atoms with E-state index in [1.54, 1.807) is 18.2 Å². The van der Waals surface area contributed by atoms with E-state index in [0.29, 0.717) is 10.2 Å². The maximum atomic E-state index is 10.9. The summed E-state index contributed by atoms with van der Waals surface area (Å²) < 4.78 is 6.05. The van der Waals surface area contributed by atoms with Crippen LogP contribution in [0.1, 0.15) is 23.2 Å². The molecule has 1 aromatic rings. The Morgan fingerprint density at radius 2 is 2.21 bits per heavy atom. The molecule has 0 spiro atoms. The van der Waals surface area contributed by atoms with Gasteiger partial charge in [0.1, 0.15) is 11.3 Å². The number of hydrogen-bond acceptors (Lipinski definition) is 2. The van der Waals surface area contributed by atoms with Gasteiger partial charge in [-0.25, -0.2) is 4.79 Å². The lowest BCUT2D eigenvalue weighted by Gasteiger charge is -2.08. The van der Waals surface area contributed by atoms with E-state index in [0.717, 1.165) is 12.8 Å². The molecule has 14 heavy (non-hydrogen) atoms. The van der Waals surface area contributed by atoms with Crippen LogP contribution in [-0.2, 0) is 0 Å². The fourth-order valence-corrected chi connectivity index (χ4v) is 1.69. The number of halogens is 1. The largest absolute Gasteiger partial charge is 0.489 e. The number of carboxylic acids is 1. The second-order valence-electron chi connectivity index (χ2n) is 3.24. The summed E-state index contributed by atoms with van der Waals surface area (Å²) in [5.74, 6) is -0.512. The summed E-state index contributed by atoms with van der Waals surface area (Å²) in [5.41, 5.74) is 0.208. The monoisotopic (exact) mass is 256 g/mol. The number of carbonyl (C=O) groups is 1. The molecule has 1 fully saturated rings. The highest BCUT2D eigenvalue weighted by Crippen LogP contribution is 2.32. The molecule has 1 aromatic carbocycles. The van der Waals surface area contributed by atoms with Crippen LogP contribution in [-0.4, -0.2) is 17.2 Å². The van der Waals surface area contributed by atoms with Gasteiger partial charge in [0.2, 0.25) is 0 Å². The molecule has 2 rings (SSSR count). The van der Waals surface area contributed by atoms with Gasteiger partial charge in [-0.15, -0.1) is 0 Å². The van der Waals surface area contributed by atoms with Gasteiger partial charge in [0.25, 0.3) is 0 Å². The minimum atomic E-state index is -0.965. The molecule has 1 aliphatic carbocycles. The number of aromatic carboxylic acids is 1. The van der Waals surface area contributed by atoms with Gasteiger partial charge in [-0.2, -0.15) is 0 Å². The number of carboxylic acid groups (broad SMARTS) is 1. The van der Waals surface area contributed by atoms with E-state index in [1.807, 2.05) is 0 Å². The van der Waals surface area contributed by atoms with E-state index < -0.39 is 5.97 Å². The van der Waals surface area contributed by atoms with Gasteiger partial charge < -0.3 is 9.84 Å². The van der Waals surface area contributed by atoms with E-state index in [-0.39, 0.29) is 11.7 Å². The number of hydrogen-bond donors (Lipinski definition) is 1. The summed E-state index contributed by atoms with van der Waals surface area (Å²) in [7, 11) is 0. The molecule has 0 amide bonds. The molecule has 0 atom stereocenters. The molecule has 0 heterocycles. The SMILES string of the molecule is O=C(O)c1c(Br)cccc1OC1CC1. The zero-order chi connectivity index (χ0) is 10.1. The van der Waals surface area contributed by atoms with Crippen LogP contribution in [0.2, 0.25) is 0 Å². The highest BCUT2D eigenvalue weighted by molar-refractivity contribution is 9.10. The maximum absolute atomic E-state index is 10.9. The number of ether oxygens (including phenoxy) is 1. The Morgan fingerprint density at radius 1 is 1.50 bits per heavy atom. The van der Waals surface area contributed by atoms with Crippen LogP contribution in [0.5, 0.6) is 5.75 Å². The van der Waals surface area contributed by atoms with Crippen molar-refractivity contribution in [2.75, 3.05) is 0 Å². The minimum absolute atomic E-state index is 0.208.